The Kier molecular flexibility index (Phi) is 4.85. The molecule has 0 amide bonds. The van der Waals surface area contributed by atoms with Gasteiger partial charge in [-0.15, -0.1) is 0 Å². The molecule has 7 heteroatoms. The van der Waals surface area contributed by atoms with E-state index < -0.39 is 22.2 Å². The van der Waals surface area contributed by atoms with Crippen LogP contribution in [-0.4, -0.2) is 51.7 Å². The molecule has 0 saturated carbocycles. The van der Waals surface area contributed by atoms with E-state index in [9.17, 15) is 13.2 Å². The number of carbonyl (C=O) groups excluding carboxylic acids is 1. The van der Waals surface area contributed by atoms with E-state index in [4.69, 9.17) is 0 Å². The summed E-state index contributed by atoms with van der Waals surface area (Å²) in [7, 11) is 2.19. The molecule has 0 saturated heterocycles. The SMILES string of the molecule is COC(=O)C1C=CC=C(N=CN(C)C)C1=S(=O)=O. The van der Waals surface area contributed by atoms with Crippen molar-refractivity contribution in [2.75, 3.05) is 21.2 Å². The molecule has 18 heavy (non-hydrogen) atoms. The normalized spacial score (nSPS) is 18.7. The second kappa shape index (κ2) is 6.15. The van der Waals surface area contributed by atoms with Gasteiger partial charge in [0.1, 0.15) is 10.8 Å². The molecule has 1 unspecified atom stereocenters. The number of rotatable bonds is 3. The quantitative estimate of drug-likeness (QED) is 0.309. The van der Waals surface area contributed by atoms with Gasteiger partial charge in [0.05, 0.1) is 19.1 Å². The molecule has 0 spiro atoms. The second-order valence-corrected chi connectivity index (χ2v) is 4.65. The maximum absolute atomic E-state index is 11.5. The Morgan fingerprint density at radius 1 is 1.50 bits per heavy atom. The van der Waals surface area contributed by atoms with Crippen LogP contribution in [0, 0.1) is 5.92 Å². The second-order valence-electron chi connectivity index (χ2n) is 3.74. The predicted molar refractivity (Wildman–Crippen MR) is 68.8 cm³/mol. The van der Waals surface area contributed by atoms with Gasteiger partial charge >= 0.3 is 5.97 Å². The van der Waals surface area contributed by atoms with Crippen molar-refractivity contribution in [3.05, 3.63) is 23.9 Å². The van der Waals surface area contributed by atoms with Gasteiger partial charge in [-0.25, -0.2) is 4.99 Å². The number of ether oxygens (including phenoxy) is 1. The van der Waals surface area contributed by atoms with Gasteiger partial charge in [0.15, 0.2) is 0 Å². The average Bonchev–Trinajstić information content (AvgIpc) is 2.34. The molecule has 1 rings (SSSR count). The molecule has 0 radical (unpaired) electrons. The third-order valence-electron chi connectivity index (χ3n) is 2.16. The molecule has 98 valence electrons. The van der Waals surface area contributed by atoms with Crippen molar-refractivity contribution in [1.82, 2.24) is 4.90 Å². The van der Waals surface area contributed by atoms with Crippen LogP contribution in [0.3, 0.4) is 0 Å². The topological polar surface area (TPSA) is 76.0 Å². The molecule has 0 heterocycles. The smallest absolute Gasteiger partial charge is 0.318 e. The van der Waals surface area contributed by atoms with Gasteiger partial charge in [-0.3, -0.25) is 4.79 Å². The summed E-state index contributed by atoms with van der Waals surface area (Å²) in [4.78, 5) is 17.1. The van der Waals surface area contributed by atoms with Gasteiger partial charge in [0.25, 0.3) is 0 Å². The molecular weight excluding hydrogens is 256 g/mol. The van der Waals surface area contributed by atoms with E-state index in [0.717, 1.165) is 0 Å². The summed E-state index contributed by atoms with van der Waals surface area (Å²) in [5.41, 5.74) is 0.231. The average molecular weight is 270 g/mol. The van der Waals surface area contributed by atoms with Crippen LogP contribution in [0.4, 0.5) is 0 Å². The van der Waals surface area contributed by atoms with E-state index in [1.165, 1.54) is 25.6 Å². The highest BCUT2D eigenvalue weighted by atomic mass is 32.2. The van der Waals surface area contributed by atoms with Gasteiger partial charge in [0.2, 0.25) is 10.3 Å². The fourth-order valence-corrected chi connectivity index (χ4v) is 2.05. The number of allylic oxidation sites excluding steroid dienone is 3. The van der Waals surface area contributed by atoms with Crippen molar-refractivity contribution in [3.8, 4) is 0 Å². The van der Waals surface area contributed by atoms with E-state index in [0.29, 0.717) is 0 Å². The van der Waals surface area contributed by atoms with Crippen LogP contribution in [0.5, 0.6) is 0 Å². The number of esters is 1. The highest BCUT2D eigenvalue weighted by Gasteiger charge is 2.28. The summed E-state index contributed by atoms with van der Waals surface area (Å²) in [5.74, 6) is -1.57. The number of carbonyl (C=O) groups is 1. The fourth-order valence-electron chi connectivity index (χ4n) is 1.37. The van der Waals surface area contributed by atoms with E-state index in [2.05, 4.69) is 9.73 Å². The van der Waals surface area contributed by atoms with Gasteiger partial charge in [0, 0.05) is 14.1 Å². The van der Waals surface area contributed by atoms with Crippen LogP contribution in [0.2, 0.25) is 0 Å². The van der Waals surface area contributed by atoms with Crippen LogP contribution in [0.15, 0.2) is 28.9 Å². The zero-order valence-electron chi connectivity index (χ0n) is 10.3. The molecule has 0 aromatic rings. The molecule has 0 bridgehead atoms. The van der Waals surface area contributed by atoms with Crippen molar-refractivity contribution < 1.29 is 17.9 Å². The molecule has 0 fully saturated rings. The summed E-state index contributed by atoms with van der Waals surface area (Å²) in [5, 5.41) is 0. The monoisotopic (exact) mass is 270 g/mol. The molecular formula is C11H14N2O4S. The zero-order chi connectivity index (χ0) is 13.7. The molecule has 1 aliphatic carbocycles. The minimum absolute atomic E-state index is 0.0811. The van der Waals surface area contributed by atoms with Gasteiger partial charge in [-0.2, -0.15) is 8.42 Å². The third kappa shape index (κ3) is 3.30. The van der Waals surface area contributed by atoms with Crippen LogP contribution >= 0.6 is 0 Å². The Bertz CT molecular complexity index is 548. The maximum Gasteiger partial charge on any atom is 0.318 e. The highest BCUT2D eigenvalue weighted by molar-refractivity contribution is 7.73. The first-order valence-corrected chi connectivity index (χ1v) is 6.18. The first kappa shape index (κ1) is 14.2. The highest BCUT2D eigenvalue weighted by Crippen LogP contribution is 2.17. The standard InChI is InChI=1S/C11H14N2O4S/c1-13(2)7-12-9-6-4-5-8(11(14)17-3)10(9)18(15)16/h4-8H,1-3H3. The minimum atomic E-state index is -2.54. The van der Waals surface area contributed by atoms with Crippen molar-refractivity contribution >= 4 is 27.5 Å². The van der Waals surface area contributed by atoms with Gasteiger partial charge in [-0.05, 0) is 6.08 Å². The van der Waals surface area contributed by atoms with Gasteiger partial charge < -0.3 is 9.64 Å². The van der Waals surface area contributed by atoms with E-state index in [1.807, 2.05) is 0 Å². The van der Waals surface area contributed by atoms with E-state index in [-0.39, 0.29) is 10.6 Å². The van der Waals surface area contributed by atoms with Crippen molar-refractivity contribution in [2.45, 2.75) is 0 Å². The summed E-state index contributed by atoms with van der Waals surface area (Å²) in [6, 6.07) is 0. The predicted octanol–water partition coefficient (Wildman–Crippen LogP) is -0.129. The molecule has 0 aromatic carbocycles. The number of aliphatic imine (C=N–C) groups is 1. The van der Waals surface area contributed by atoms with E-state index >= 15 is 0 Å². The zero-order valence-corrected chi connectivity index (χ0v) is 11.1. The van der Waals surface area contributed by atoms with Crippen LogP contribution in [-0.2, 0) is 19.8 Å². The Morgan fingerprint density at radius 2 is 2.17 bits per heavy atom. The molecule has 1 aliphatic rings. The summed E-state index contributed by atoms with van der Waals surface area (Å²) in [6.07, 6.45) is 6.04. The third-order valence-corrected chi connectivity index (χ3v) is 2.98. The van der Waals surface area contributed by atoms with Crippen molar-refractivity contribution in [3.63, 3.8) is 0 Å². The molecule has 0 aliphatic heterocycles. The van der Waals surface area contributed by atoms with Crippen LogP contribution in [0.25, 0.3) is 0 Å². The Morgan fingerprint density at radius 3 is 2.67 bits per heavy atom. The first-order chi connectivity index (χ1) is 8.47. The molecule has 6 nitrogen and oxygen atoms in total. The Labute approximate surface area is 107 Å². The first-order valence-electron chi connectivity index (χ1n) is 5.10. The number of hydrogen-bond donors (Lipinski definition) is 0. The Hall–Kier alpha value is -1.89. The number of nitrogens with zero attached hydrogens (tertiary/aromatic N) is 2. The number of methoxy groups -OCH3 is 1. The lowest BCUT2D eigenvalue weighted by Crippen LogP contribution is -2.27. The summed E-state index contributed by atoms with van der Waals surface area (Å²) < 4.78 is 27.0. The number of hydrogen-bond acceptors (Lipinski definition) is 5. The van der Waals surface area contributed by atoms with Crippen LogP contribution in [0.1, 0.15) is 0 Å². The lowest BCUT2D eigenvalue weighted by molar-refractivity contribution is -0.141. The van der Waals surface area contributed by atoms with Gasteiger partial charge in [-0.1, -0.05) is 12.2 Å². The summed E-state index contributed by atoms with van der Waals surface area (Å²) >= 11 is 0. The summed E-state index contributed by atoms with van der Waals surface area (Å²) in [6.45, 7) is 0. The fraction of sp³-hybridized carbons (Fsp3) is 0.364. The largest absolute Gasteiger partial charge is 0.468 e. The maximum atomic E-state index is 11.5. The van der Waals surface area contributed by atoms with Crippen molar-refractivity contribution in [1.29, 1.82) is 0 Å². The molecule has 0 aromatic heterocycles. The van der Waals surface area contributed by atoms with E-state index in [1.54, 1.807) is 25.1 Å². The Balaban J connectivity index is 3.21. The molecule has 0 N–H and O–H groups in total. The minimum Gasteiger partial charge on any atom is -0.468 e. The van der Waals surface area contributed by atoms with Crippen LogP contribution < -0.4 is 0 Å². The molecule has 1 atom stereocenters. The van der Waals surface area contributed by atoms with Crippen molar-refractivity contribution in [2.24, 2.45) is 10.9 Å². The lowest BCUT2D eigenvalue weighted by atomic mass is 9.98. The lowest BCUT2D eigenvalue weighted by Gasteiger charge is -2.15.